The van der Waals surface area contributed by atoms with E-state index >= 15 is 0 Å². The van der Waals surface area contributed by atoms with Crippen molar-refractivity contribution in [1.29, 1.82) is 0 Å². The molecule has 2 aliphatic heterocycles. The molecular formula is C28H31N3O3. The quantitative estimate of drug-likeness (QED) is 0.509. The van der Waals surface area contributed by atoms with E-state index in [9.17, 15) is 9.59 Å². The van der Waals surface area contributed by atoms with Crippen molar-refractivity contribution in [2.45, 2.75) is 45.6 Å². The first-order chi connectivity index (χ1) is 16.7. The molecule has 0 saturated heterocycles. The fourth-order valence-electron chi connectivity index (χ4n) is 5.22. The summed E-state index contributed by atoms with van der Waals surface area (Å²) < 4.78 is 5.71. The standard InChI is InChI=1S/C28H31N3O3/c1-2-15-30-17-13-24-22(19-30)27(21-10-4-5-11-23(21)29-24)28(33)34-18-14-26(32)31-16-7-9-20-8-3-6-12-25(20)31/h3-6,8,10-12H,2,7,9,13-19H2,1H3. The summed E-state index contributed by atoms with van der Waals surface area (Å²) in [6.45, 7) is 5.59. The van der Waals surface area contributed by atoms with Crippen molar-refractivity contribution < 1.29 is 14.3 Å². The van der Waals surface area contributed by atoms with Gasteiger partial charge in [-0.1, -0.05) is 43.3 Å². The average molecular weight is 458 g/mol. The van der Waals surface area contributed by atoms with Gasteiger partial charge in [0.15, 0.2) is 0 Å². The number of ether oxygens (including phenoxy) is 1. The third-order valence-electron chi connectivity index (χ3n) is 6.83. The van der Waals surface area contributed by atoms with Gasteiger partial charge in [0.05, 0.1) is 17.5 Å². The lowest BCUT2D eigenvalue weighted by Crippen LogP contribution is -2.36. The summed E-state index contributed by atoms with van der Waals surface area (Å²) in [5.74, 6) is -0.365. The molecule has 0 saturated carbocycles. The molecule has 0 radical (unpaired) electrons. The highest BCUT2D eigenvalue weighted by molar-refractivity contribution is 6.05. The van der Waals surface area contributed by atoms with Crippen LogP contribution in [0.15, 0.2) is 48.5 Å². The number of carbonyl (C=O) groups is 2. The van der Waals surface area contributed by atoms with Gasteiger partial charge in [-0.2, -0.15) is 0 Å². The third kappa shape index (κ3) is 4.42. The molecule has 0 bridgehead atoms. The average Bonchev–Trinajstić information content (AvgIpc) is 2.87. The van der Waals surface area contributed by atoms with Gasteiger partial charge in [0.25, 0.3) is 0 Å². The maximum Gasteiger partial charge on any atom is 0.339 e. The maximum atomic E-state index is 13.4. The van der Waals surface area contributed by atoms with Gasteiger partial charge >= 0.3 is 5.97 Å². The number of rotatable bonds is 6. The van der Waals surface area contributed by atoms with Crippen molar-refractivity contribution in [2.75, 3.05) is 31.1 Å². The molecule has 0 N–H and O–H groups in total. The van der Waals surface area contributed by atoms with Gasteiger partial charge in [-0.25, -0.2) is 4.79 Å². The molecule has 6 nitrogen and oxygen atoms in total. The molecule has 1 amide bonds. The van der Waals surface area contributed by atoms with E-state index in [1.165, 1.54) is 5.56 Å². The molecule has 5 rings (SSSR count). The Hall–Kier alpha value is -3.25. The van der Waals surface area contributed by atoms with Crippen LogP contribution in [0.1, 0.15) is 53.4 Å². The number of amides is 1. The van der Waals surface area contributed by atoms with Gasteiger partial charge < -0.3 is 9.64 Å². The summed E-state index contributed by atoms with van der Waals surface area (Å²) >= 11 is 0. The lowest BCUT2D eigenvalue weighted by molar-refractivity contribution is -0.119. The summed E-state index contributed by atoms with van der Waals surface area (Å²) in [6, 6.07) is 15.8. The van der Waals surface area contributed by atoms with E-state index < -0.39 is 0 Å². The summed E-state index contributed by atoms with van der Waals surface area (Å²) in [4.78, 5) is 35.4. The SMILES string of the molecule is CCCN1CCc2nc3ccccc3c(C(=O)OCCC(=O)N3CCCc4ccccc43)c2C1. The molecule has 1 aromatic heterocycles. The number of hydrogen-bond acceptors (Lipinski definition) is 5. The number of fused-ring (bicyclic) bond motifs is 3. The highest BCUT2D eigenvalue weighted by Gasteiger charge is 2.27. The first kappa shape index (κ1) is 22.5. The first-order valence-electron chi connectivity index (χ1n) is 12.3. The lowest BCUT2D eigenvalue weighted by atomic mass is 9.95. The van der Waals surface area contributed by atoms with Crippen LogP contribution in [-0.2, 0) is 28.9 Å². The smallest absolute Gasteiger partial charge is 0.339 e. The van der Waals surface area contributed by atoms with Gasteiger partial charge in [-0.3, -0.25) is 14.7 Å². The Bertz CT molecular complexity index is 1220. The number of nitrogens with zero attached hydrogens (tertiary/aromatic N) is 3. The molecule has 0 atom stereocenters. The summed E-state index contributed by atoms with van der Waals surface area (Å²) in [5.41, 5.74) is 5.56. The Labute approximate surface area is 200 Å². The van der Waals surface area contributed by atoms with Gasteiger partial charge in [-0.05, 0) is 43.5 Å². The van der Waals surface area contributed by atoms with Crippen molar-refractivity contribution in [1.82, 2.24) is 9.88 Å². The van der Waals surface area contributed by atoms with Crippen LogP contribution in [0.25, 0.3) is 10.9 Å². The van der Waals surface area contributed by atoms with Gasteiger partial charge in [-0.15, -0.1) is 0 Å². The van der Waals surface area contributed by atoms with Crippen LogP contribution in [0.4, 0.5) is 5.69 Å². The largest absolute Gasteiger partial charge is 0.462 e. The highest BCUT2D eigenvalue weighted by atomic mass is 16.5. The molecule has 0 spiro atoms. The van der Waals surface area contributed by atoms with Crippen LogP contribution in [0.2, 0.25) is 0 Å². The number of pyridine rings is 1. The van der Waals surface area contributed by atoms with Crippen molar-refractivity contribution in [3.63, 3.8) is 0 Å². The van der Waals surface area contributed by atoms with Gasteiger partial charge in [0, 0.05) is 48.4 Å². The summed E-state index contributed by atoms with van der Waals surface area (Å²) in [5, 5.41) is 0.820. The molecule has 2 aliphatic rings. The molecule has 176 valence electrons. The Morgan fingerprint density at radius 2 is 1.85 bits per heavy atom. The monoisotopic (exact) mass is 457 g/mol. The van der Waals surface area contributed by atoms with Crippen molar-refractivity contribution in [3.05, 3.63) is 70.9 Å². The van der Waals surface area contributed by atoms with E-state index in [4.69, 9.17) is 9.72 Å². The zero-order valence-corrected chi connectivity index (χ0v) is 19.8. The van der Waals surface area contributed by atoms with Crippen LogP contribution in [0.3, 0.4) is 0 Å². The molecule has 3 aromatic rings. The second-order valence-corrected chi connectivity index (χ2v) is 9.12. The molecule has 0 fully saturated rings. The van der Waals surface area contributed by atoms with Crippen molar-refractivity contribution >= 4 is 28.5 Å². The fourth-order valence-corrected chi connectivity index (χ4v) is 5.22. The number of benzene rings is 2. The maximum absolute atomic E-state index is 13.4. The van der Waals surface area contributed by atoms with Crippen LogP contribution in [0.5, 0.6) is 0 Å². The number of carbonyl (C=O) groups excluding carboxylic acids is 2. The number of aromatic nitrogens is 1. The Morgan fingerprint density at radius 1 is 1.03 bits per heavy atom. The van der Waals surface area contributed by atoms with Crippen LogP contribution in [-0.4, -0.2) is 48.0 Å². The second kappa shape index (κ2) is 9.94. The normalized spacial score (nSPS) is 15.6. The van der Waals surface area contributed by atoms with E-state index in [1.807, 2.05) is 47.4 Å². The van der Waals surface area contributed by atoms with E-state index in [1.54, 1.807) is 0 Å². The third-order valence-corrected chi connectivity index (χ3v) is 6.83. The lowest BCUT2D eigenvalue weighted by Gasteiger charge is -2.30. The number of esters is 1. The van der Waals surface area contributed by atoms with E-state index in [2.05, 4.69) is 17.9 Å². The van der Waals surface area contributed by atoms with E-state index in [-0.39, 0.29) is 24.9 Å². The van der Waals surface area contributed by atoms with Crippen molar-refractivity contribution in [2.24, 2.45) is 0 Å². The van der Waals surface area contributed by atoms with E-state index in [0.717, 1.165) is 66.6 Å². The topological polar surface area (TPSA) is 62.7 Å². The fraction of sp³-hybridized carbons (Fsp3) is 0.393. The number of aryl methyl sites for hydroxylation is 1. The first-order valence-corrected chi connectivity index (χ1v) is 12.3. The van der Waals surface area contributed by atoms with Gasteiger partial charge in [0.2, 0.25) is 5.91 Å². The minimum absolute atomic E-state index is 0.00399. The predicted molar refractivity (Wildman–Crippen MR) is 133 cm³/mol. The molecular weight excluding hydrogens is 426 g/mol. The Kier molecular flexibility index (Phi) is 6.59. The number of anilines is 1. The molecule has 3 heterocycles. The van der Waals surface area contributed by atoms with Gasteiger partial charge in [0.1, 0.15) is 6.61 Å². The minimum Gasteiger partial charge on any atom is -0.462 e. The Morgan fingerprint density at radius 3 is 2.74 bits per heavy atom. The van der Waals surface area contributed by atoms with Crippen LogP contribution < -0.4 is 4.90 Å². The zero-order chi connectivity index (χ0) is 23.5. The molecule has 0 unspecified atom stereocenters. The van der Waals surface area contributed by atoms with E-state index in [0.29, 0.717) is 18.7 Å². The molecule has 6 heteroatoms. The highest BCUT2D eigenvalue weighted by Crippen LogP contribution is 2.30. The summed E-state index contributed by atoms with van der Waals surface area (Å²) in [6.07, 6.45) is 4.01. The van der Waals surface area contributed by atoms with Crippen LogP contribution in [0, 0.1) is 0 Å². The number of para-hydroxylation sites is 2. The minimum atomic E-state index is -0.361. The number of hydrogen-bond donors (Lipinski definition) is 0. The molecule has 2 aromatic carbocycles. The summed E-state index contributed by atoms with van der Waals surface area (Å²) in [7, 11) is 0. The van der Waals surface area contributed by atoms with Crippen LogP contribution >= 0.6 is 0 Å². The molecule has 0 aliphatic carbocycles. The molecule has 34 heavy (non-hydrogen) atoms. The Balaban J connectivity index is 1.33. The van der Waals surface area contributed by atoms with Crippen molar-refractivity contribution in [3.8, 4) is 0 Å². The second-order valence-electron chi connectivity index (χ2n) is 9.12. The predicted octanol–water partition coefficient (Wildman–Crippen LogP) is 4.53. The zero-order valence-electron chi connectivity index (χ0n) is 19.8.